The Morgan fingerprint density at radius 3 is 1.85 bits per heavy atom. The molecule has 3 heterocycles. The predicted molar refractivity (Wildman–Crippen MR) is 117 cm³/mol. The summed E-state index contributed by atoms with van der Waals surface area (Å²) in [5.74, 6) is 0. The maximum Gasteiger partial charge on any atom is 0.154 e. The highest BCUT2D eigenvalue weighted by Gasteiger charge is 2.43. The average molecular weight is 399 g/mol. The van der Waals surface area contributed by atoms with Crippen LogP contribution in [0.15, 0.2) is 76.0 Å². The summed E-state index contributed by atoms with van der Waals surface area (Å²) >= 11 is 0. The molecule has 0 saturated carbocycles. The van der Waals surface area contributed by atoms with Crippen molar-refractivity contribution in [2.24, 2.45) is 0 Å². The Labute approximate surface area is 164 Å². The molecule has 142 valence electrons. The minimum Gasteiger partial charge on any atom is -0.462 e. The second-order valence-corrected chi connectivity index (χ2v) is 11.8. The van der Waals surface area contributed by atoms with Crippen LogP contribution in [-0.4, -0.2) is 11.3 Å². The summed E-state index contributed by atoms with van der Waals surface area (Å²) in [6.07, 6.45) is 8.73. The molecule has 2 aromatic heterocycles. The summed E-state index contributed by atoms with van der Waals surface area (Å²) in [6, 6.07) is 19.1. The Morgan fingerprint density at radius 2 is 1.41 bits per heavy atom. The average Bonchev–Trinajstić information content (AvgIpc) is 3.48. The van der Waals surface area contributed by atoms with E-state index in [4.69, 9.17) is 8.83 Å². The number of anilines is 1. The van der Waals surface area contributed by atoms with Crippen molar-refractivity contribution in [1.82, 2.24) is 0 Å². The molecule has 2 atom stereocenters. The van der Waals surface area contributed by atoms with Gasteiger partial charge in [-0.2, -0.15) is 0 Å². The zero-order valence-corrected chi connectivity index (χ0v) is 17.8. The standard InChI is InChI=1S/C22H27NO2P2/c1-3-19-14-15-20(4-2)26(19)23(18-10-6-5-7-11-18)27(21-12-8-16-24-21)22-13-9-17-25-22/h5-13,16-17,19-20H,3-4,14-15H2,1-2H3/t19-,20-/m1/s1. The van der Waals surface area contributed by atoms with Gasteiger partial charge in [0.2, 0.25) is 0 Å². The summed E-state index contributed by atoms with van der Waals surface area (Å²) < 4.78 is 14.6. The molecule has 0 radical (unpaired) electrons. The van der Waals surface area contributed by atoms with Crippen LogP contribution in [0.5, 0.6) is 0 Å². The quantitative estimate of drug-likeness (QED) is 0.426. The molecule has 1 aliphatic heterocycles. The van der Waals surface area contributed by atoms with Crippen LogP contribution in [0, 0.1) is 0 Å². The Hall–Kier alpha value is -1.56. The Morgan fingerprint density at radius 1 is 0.852 bits per heavy atom. The van der Waals surface area contributed by atoms with E-state index in [1.54, 1.807) is 12.5 Å². The molecule has 0 amide bonds. The van der Waals surface area contributed by atoms with Gasteiger partial charge in [-0.25, -0.2) is 0 Å². The van der Waals surface area contributed by atoms with Crippen molar-refractivity contribution in [2.45, 2.75) is 50.8 Å². The first-order valence-corrected chi connectivity index (χ1v) is 12.6. The van der Waals surface area contributed by atoms with Crippen molar-refractivity contribution >= 4 is 32.8 Å². The molecule has 0 N–H and O–H groups in total. The zero-order valence-electron chi connectivity index (χ0n) is 16.0. The minimum absolute atomic E-state index is 0.319. The van der Waals surface area contributed by atoms with E-state index in [0.29, 0.717) is 0 Å². The highest BCUT2D eigenvalue weighted by molar-refractivity contribution is 7.85. The molecule has 0 aliphatic carbocycles. The van der Waals surface area contributed by atoms with E-state index >= 15 is 0 Å². The SMILES string of the molecule is CC[C@@H]1CC[C@@H](CC)P1N(c1ccccc1)P(c1ccco1)c1ccco1. The van der Waals surface area contributed by atoms with E-state index < -0.39 is 8.07 Å². The lowest BCUT2D eigenvalue weighted by atomic mass is 10.1. The van der Waals surface area contributed by atoms with E-state index in [9.17, 15) is 0 Å². The van der Waals surface area contributed by atoms with Crippen LogP contribution in [0.4, 0.5) is 5.69 Å². The topological polar surface area (TPSA) is 29.5 Å². The van der Waals surface area contributed by atoms with Gasteiger partial charge in [-0.15, -0.1) is 0 Å². The van der Waals surface area contributed by atoms with Crippen molar-refractivity contribution in [3.05, 3.63) is 67.1 Å². The molecule has 3 nitrogen and oxygen atoms in total. The van der Waals surface area contributed by atoms with E-state index in [1.165, 1.54) is 31.4 Å². The second-order valence-electron chi connectivity index (χ2n) is 6.92. The number of rotatable bonds is 7. The van der Waals surface area contributed by atoms with Gasteiger partial charge in [0.1, 0.15) is 8.07 Å². The first-order valence-electron chi connectivity index (χ1n) is 9.84. The largest absolute Gasteiger partial charge is 0.462 e. The molecule has 1 saturated heterocycles. The van der Waals surface area contributed by atoms with Gasteiger partial charge in [-0.3, -0.25) is 0 Å². The molecule has 0 spiro atoms. The van der Waals surface area contributed by atoms with Crippen LogP contribution in [0.3, 0.4) is 0 Å². The van der Waals surface area contributed by atoms with Gasteiger partial charge in [0.05, 0.1) is 12.5 Å². The monoisotopic (exact) mass is 399 g/mol. The fourth-order valence-electron chi connectivity index (χ4n) is 4.03. The van der Waals surface area contributed by atoms with E-state index in [-0.39, 0.29) is 8.07 Å². The van der Waals surface area contributed by atoms with Crippen LogP contribution in [0.2, 0.25) is 0 Å². The highest BCUT2D eigenvalue weighted by atomic mass is 31.2. The van der Waals surface area contributed by atoms with E-state index in [0.717, 1.165) is 22.3 Å². The number of hydrogen-bond acceptors (Lipinski definition) is 3. The summed E-state index contributed by atoms with van der Waals surface area (Å²) in [6.45, 7) is 4.70. The molecule has 4 rings (SSSR count). The summed E-state index contributed by atoms with van der Waals surface area (Å²) in [7, 11) is -1.18. The van der Waals surface area contributed by atoms with Crippen LogP contribution in [0.25, 0.3) is 0 Å². The van der Waals surface area contributed by atoms with Gasteiger partial charge < -0.3 is 13.3 Å². The van der Waals surface area contributed by atoms with Gasteiger partial charge >= 0.3 is 0 Å². The molecule has 5 heteroatoms. The maximum absolute atomic E-state index is 5.96. The molecule has 1 aliphatic rings. The van der Waals surface area contributed by atoms with Crippen molar-refractivity contribution in [1.29, 1.82) is 0 Å². The number of para-hydroxylation sites is 1. The molecular weight excluding hydrogens is 372 g/mol. The third-order valence-electron chi connectivity index (χ3n) is 5.35. The number of benzene rings is 1. The number of nitrogens with zero attached hydrogens (tertiary/aromatic N) is 1. The summed E-state index contributed by atoms with van der Waals surface area (Å²) in [4.78, 5) is 0. The Bertz CT molecular complexity index is 758. The van der Waals surface area contributed by atoms with Gasteiger partial charge in [0, 0.05) is 13.8 Å². The van der Waals surface area contributed by atoms with Crippen molar-refractivity contribution < 1.29 is 8.83 Å². The molecule has 0 unspecified atom stereocenters. The predicted octanol–water partition coefficient (Wildman–Crippen LogP) is 6.47. The lowest BCUT2D eigenvalue weighted by Gasteiger charge is -2.41. The van der Waals surface area contributed by atoms with Crippen molar-refractivity contribution in [2.75, 3.05) is 4.44 Å². The number of furan rings is 2. The van der Waals surface area contributed by atoms with Crippen LogP contribution in [-0.2, 0) is 0 Å². The van der Waals surface area contributed by atoms with E-state index in [2.05, 4.69) is 60.8 Å². The first kappa shape index (κ1) is 18.8. The molecule has 3 aromatic rings. The normalized spacial score (nSPS) is 20.4. The van der Waals surface area contributed by atoms with Crippen LogP contribution >= 0.6 is 16.1 Å². The van der Waals surface area contributed by atoms with Gasteiger partial charge in [0.15, 0.2) is 11.0 Å². The van der Waals surface area contributed by atoms with Crippen molar-refractivity contribution in [3.63, 3.8) is 0 Å². The fourth-order valence-corrected chi connectivity index (χ4v) is 11.2. The second kappa shape index (κ2) is 8.63. The Kier molecular flexibility index (Phi) is 6.01. The lowest BCUT2D eigenvalue weighted by molar-refractivity contribution is 0.592. The number of hydrogen-bond donors (Lipinski definition) is 0. The third-order valence-corrected chi connectivity index (χ3v) is 11.9. The smallest absolute Gasteiger partial charge is 0.154 e. The lowest BCUT2D eigenvalue weighted by Crippen LogP contribution is -2.28. The van der Waals surface area contributed by atoms with Gasteiger partial charge in [0.25, 0.3) is 0 Å². The van der Waals surface area contributed by atoms with Crippen LogP contribution in [0.1, 0.15) is 39.5 Å². The summed E-state index contributed by atoms with van der Waals surface area (Å²) in [5.41, 5.74) is 4.85. The molecule has 27 heavy (non-hydrogen) atoms. The minimum atomic E-state index is -0.863. The highest BCUT2D eigenvalue weighted by Crippen LogP contribution is 2.68. The molecular formula is C22H27NO2P2. The maximum atomic E-state index is 5.96. The summed E-state index contributed by atoms with van der Waals surface area (Å²) in [5, 5.41) is 0. The van der Waals surface area contributed by atoms with Crippen LogP contribution < -0.4 is 15.4 Å². The van der Waals surface area contributed by atoms with Gasteiger partial charge in [-0.1, -0.05) is 32.0 Å². The Balaban J connectivity index is 1.86. The van der Waals surface area contributed by atoms with E-state index in [1.807, 2.05) is 12.1 Å². The fraction of sp³-hybridized carbons (Fsp3) is 0.364. The van der Waals surface area contributed by atoms with Gasteiger partial charge in [-0.05, 0) is 73.4 Å². The molecule has 1 aromatic carbocycles. The molecule has 1 fully saturated rings. The molecule has 0 bridgehead atoms. The van der Waals surface area contributed by atoms with Crippen molar-refractivity contribution in [3.8, 4) is 0 Å². The third kappa shape index (κ3) is 3.73. The zero-order chi connectivity index (χ0) is 18.6. The first-order chi connectivity index (χ1) is 13.3.